The number of halogens is 1. The number of hydrogen-bond acceptors (Lipinski definition) is 2. The van der Waals surface area contributed by atoms with E-state index < -0.39 is 0 Å². The van der Waals surface area contributed by atoms with Gasteiger partial charge in [-0.25, -0.2) is 0 Å². The predicted molar refractivity (Wildman–Crippen MR) is 25.7 cm³/mol. The molecule has 0 aliphatic carbocycles. The van der Waals surface area contributed by atoms with Gasteiger partial charge >= 0.3 is 0 Å². The monoisotopic (exact) mass is 100 g/mol. The maximum Gasteiger partial charge on any atom is 0.189 e. The van der Waals surface area contributed by atoms with Crippen molar-refractivity contribution in [2.75, 3.05) is 6.54 Å². The van der Waals surface area contributed by atoms with Crippen LogP contribution < -0.4 is 5.32 Å². The molecule has 0 bridgehead atoms. The Kier molecular flexibility index (Phi) is 1.06. The highest BCUT2D eigenvalue weighted by molar-refractivity contribution is 5.58. The molecule has 7 heavy (non-hydrogen) atoms. The molecule has 0 radical (unpaired) electrons. The molecule has 1 N–H and O–H groups in total. The van der Waals surface area contributed by atoms with Crippen LogP contribution in [0.1, 0.15) is 0 Å². The van der Waals surface area contributed by atoms with Gasteiger partial charge in [-0.05, 0) is 6.08 Å². The van der Waals surface area contributed by atoms with E-state index in [1.165, 1.54) is 12.4 Å². The largest absolute Gasteiger partial charge is 0.323 e. The molecule has 3 heteroatoms. The summed E-state index contributed by atoms with van der Waals surface area (Å²) in [4.78, 5) is 3.68. The average Bonchev–Trinajstić information content (AvgIpc) is 1.69. The lowest BCUT2D eigenvalue weighted by Gasteiger charge is -1.97. The fourth-order valence-corrected chi connectivity index (χ4v) is 0.352. The Morgan fingerprint density at radius 1 is 1.86 bits per heavy atom. The first kappa shape index (κ1) is 4.30. The van der Waals surface area contributed by atoms with Crippen LogP contribution >= 0.6 is 0 Å². The van der Waals surface area contributed by atoms with Crippen molar-refractivity contribution in [3.63, 3.8) is 0 Å². The highest BCUT2D eigenvalue weighted by Gasteiger charge is 1.90. The predicted octanol–water partition coefficient (Wildman–Crippen LogP) is 0.429. The van der Waals surface area contributed by atoms with E-state index in [4.69, 9.17) is 0 Å². The fraction of sp³-hybridized carbons (Fsp3) is 0.250. The summed E-state index contributed by atoms with van der Waals surface area (Å²) in [5, 5.41) is 2.28. The molecule has 1 aliphatic heterocycles. The molecule has 0 aromatic carbocycles. The first-order chi connectivity index (χ1) is 3.39. The van der Waals surface area contributed by atoms with Gasteiger partial charge in [0.15, 0.2) is 5.95 Å². The Morgan fingerprint density at radius 2 is 2.71 bits per heavy atom. The van der Waals surface area contributed by atoms with Crippen LogP contribution in [0.5, 0.6) is 0 Å². The summed E-state index contributed by atoms with van der Waals surface area (Å²) >= 11 is 0. The third-order valence-corrected chi connectivity index (χ3v) is 0.670. The maximum absolute atomic E-state index is 11.8. The van der Waals surface area contributed by atoms with Crippen LogP contribution in [0.2, 0.25) is 0 Å². The highest BCUT2D eigenvalue weighted by Crippen LogP contribution is 1.91. The summed E-state index contributed by atoms with van der Waals surface area (Å²) in [6.45, 7) is 0.457. The molecule has 1 rings (SSSR count). The van der Waals surface area contributed by atoms with Crippen LogP contribution in [0.25, 0.3) is 0 Å². The van der Waals surface area contributed by atoms with E-state index >= 15 is 0 Å². The van der Waals surface area contributed by atoms with E-state index in [2.05, 4.69) is 10.3 Å². The molecular weight excluding hydrogens is 95.1 g/mol. The minimum Gasteiger partial charge on any atom is -0.323 e. The normalized spacial score (nSPS) is 18.1. The molecule has 0 amide bonds. The van der Waals surface area contributed by atoms with Crippen LogP contribution in [0, 0.1) is 0 Å². The topological polar surface area (TPSA) is 24.4 Å². The van der Waals surface area contributed by atoms with Gasteiger partial charge in [0.05, 0.1) is 12.9 Å². The van der Waals surface area contributed by atoms with Gasteiger partial charge in [-0.15, -0.1) is 0 Å². The zero-order chi connectivity index (χ0) is 5.11. The molecule has 0 saturated carbocycles. The number of aliphatic imine (C=N–C) groups is 1. The van der Waals surface area contributed by atoms with Crippen molar-refractivity contribution in [2.45, 2.75) is 0 Å². The summed E-state index contributed by atoms with van der Waals surface area (Å²) in [7, 11) is 0. The Balaban J connectivity index is 2.50. The zero-order valence-electron chi connectivity index (χ0n) is 3.69. The van der Waals surface area contributed by atoms with Crippen LogP contribution in [0.4, 0.5) is 4.39 Å². The molecule has 0 spiro atoms. The summed E-state index contributed by atoms with van der Waals surface area (Å²) in [6, 6.07) is 0. The standard InChI is InChI=1S/C4H5FN2/c5-4-1-2-6-3-7-4/h1,3H,2H2,(H,6,7). The molecule has 1 heterocycles. The van der Waals surface area contributed by atoms with Crippen molar-refractivity contribution in [3.05, 3.63) is 12.0 Å². The zero-order valence-corrected chi connectivity index (χ0v) is 3.69. The van der Waals surface area contributed by atoms with Gasteiger partial charge in [-0.1, -0.05) is 0 Å². The minimum atomic E-state index is -0.310. The molecule has 38 valence electrons. The minimum absolute atomic E-state index is 0.310. The van der Waals surface area contributed by atoms with E-state index in [0.717, 1.165) is 0 Å². The second-order valence-corrected chi connectivity index (χ2v) is 1.19. The summed E-state index contributed by atoms with van der Waals surface area (Å²) in [5.74, 6) is -0.310. The summed E-state index contributed by atoms with van der Waals surface area (Å²) < 4.78 is 11.8. The molecule has 0 fully saturated rings. The first-order valence-corrected chi connectivity index (χ1v) is 2.00. The Labute approximate surface area is 40.7 Å². The number of nitrogens with zero attached hydrogens (tertiary/aromatic N) is 1. The molecule has 0 aromatic rings. The van der Waals surface area contributed by atoms with Crippen molar-refractivity contribution in [1.82, 2.24) is 5.32 Å². The van der Waals surface area contributed by atoms with Crippen molar-refractivity contribution in [2.24, 2.45) is 4.99 Å². The number of rotatable bonds is 0. The molecule has 0 unspecified atom stereocenters. The van der Waals surface area contributed by atoms with Crippen molar-refractivity contribution in [1.29, 1.82) is 0 Å². The van der Waals surface area contributed by atoms with Crippen LogP contribution in [-0.2, 0) is 0 Å². The van der Waals surface area contributed by atoms with E-state index in [-0.39, 0.29) is 5.95 Å². The third-order valence-electron chi connectivity index (χ3n) is 0.670. The third kappa shape index (κ3) is 0.994. The Hall–Kier alpha value is -0.860. The number of nitrogens with one attached hydrogen (secondary N) is 1. The lowest BCUT2D eigenvalue weighted by Crippen LogP contribution is -2.10. The van der Waals surface area contributed by atoms with Crippen molar-refractivity contribution < 1.29 is 4.39 Å². The lowest BCUT2D eigenvalue weighted by molar-refractivity contribution is 0.590. The molecule has 0 aromatic heterocycles. The second-order valence-electron chi connectivity index (χ2n) is 1.19. The first-order valence-electron chi connectivity index (χ1n) is 2.00. The van der Waals surface area contributed by atoms with Gasteiger partial charge in [0, 0.05) is 0 Å². The maximum atomic E-state index is 11.8. The highest BCUT2D eigenvalue weighted by atomic mass is 19.1. The Morgan fingerprint density at radius 3 is 3.00 bits per heavy atom. The smallest absolute Gasteiger partial charge is 0.189 e. The van der Waals surface area contributed by atoms with E-state index in [0.29, 0.717) is 6.54 Å². The van der Waals surface area contributed by atoms with Gasteiger partial charge in [0.1, 0.15) is 0 Å². The second kappa shape index (κ2) is 1.73. The fourth-order valence-electron chi connectivity index (χ4n) is 0.352. The van der Waals surface area contributed by atoms with Gasteiger partial charge in [0.2, 0.25) is 0 Å². The van der Waals surface area contributed by atoms with Crippen LogP contribution in [0.3, 0.4) is 0 Å². The SMILES string of the molecule is FC1=CCN=CN1. The Bertz CT molecular complexity index is 117. The van der Waals surface area contributed by atoms with Crippen molar-refractivity contribution >= 4 is 6.34 Å². The lowest BCUT2D eigenvalue weighted by atomic mass is 10.5. The molecule has 0 atom stereocenters. The summed E-state index contributed by atoms with van der Waals surface area (Å²) in [6.07, 6.45) is 2.72. The van der Waals surface area contributed by atoms with Crippen molar-refractivity contribution in [3.8, 4) is 0 Å². The van der Waals surface area contributed by atoms with Gasteiger partial charge in [0.25, 0.3) is 0 Å². The molecule has 2 nitrogen and oxygen atoms in total. The van der Waals surface area contributed by atoms with Gasteiger partial charge in [-0.3, -0.25) is 4.99 Å². The van der Waals surface area contributed by atoms with E-state index in [1.54, 1.807) is 0 Å². The number of hydrogen-bond donors (Lipinski definition) is 1. The van der Waals surface area contributed by atoms with Gasteiger partial charge < -0.3 is 5.32 Å². The molecule has 0 saturated heterocycles. The summed E-state index contributed by atoms with van der Waals surface area (Å²) in [5.41, 5.74) is 0. The quantitative estimate of drug-likeness (QED) is 0.438. The van der Waals surface area contributed by atoms with E-state index in [1.807, 2.05) is 0 Å². The van der Waals surface area contributed by atoms with E-state index in [9.17, 15) is 4.39 Å². The van der Waals surface area contributed by atoms with Crippen LogP contribution in [0.15, 0.2) is 17.0 Å². The molecule has 1 aliphatic rings. The average molecular weight is 100 g/mol. The molecular formula is C4H5FN2. The van der Waals surface area contributed by atoms with Gasteiger partial charge in [-0.2, -0.15) is 4.39 Å². The van der Waals surface area contributed by atoms with Crippen LogP contribution in [-0.4, -0.2) is 12.9 Å².